The van der Waals surface area contributed by atoms with Crippen molar-refractivity contribution in [3.8, 4) is 17.9 Å². The first-order chi connectivity index (χ1) is 10.3. The van der Waals surface area contributed by atoms with Crippen LogP contribution in [0.2, 0.25) is 0 Å². The van der Waals surface area contributed by atoms with E-state index in [1.807, 2.05) is 24.3 Å². The van der Waals surface area contributed by atoms with Crippen LogP contribution in [0.5, 0.6) is 5.75 Å². The van der Waals surface area contributed by atoms with Crippen LogP contribution in [0.4, 0.5) is 0 Å². The minimum atomic E-state index is 0.537. The molecule has 0 radical (unpaired) electrons. The quantitative estimate of drug-likeness (QED) is 0.912. The third kappa shape index (κ3) is 3.82. The van der Waals surface area contributed by atoms with E-state index in [1.54, 1.807) is 25.3 Å². The normalized spacial score (nSPS) is 9.67. The topological polar surface area (TPSA) is 68.8 Å². The maximum absolute atomic E-state index is 9.05. The first kappa shape index (κ1) is 14.6. The maximum Gasteiger partial charge on any atom is 0.136 e. The fourth-order valence-corrected chi connectivity index (χ4v) is 2.00. The lowest BCUT2D eigenvalue weighted by Crippen LogP contribution is -2.12. The molecular weight excluding hydrogens is 262 g/mol. The van der Waals surface area contributed by atoms with Crippen LogP contribution in [0, 0.1) is 22.7 Å². The van der Waals surface area contributed by atoms with E-state index in [4.69, 9.17) is 15.3 Å². The van der Waals surface area contributed by atoms with Gasteiger partial charge in [-0.3, -0.25) is 0 Å². The molecule has 0 fully saturated rings. The minimum absolute atomic E-state index is 0.537. The molecule has 104 valence electrons. The summed E-state index contributed by atoms with van der Waals surface area (Å²) in [6.45, 7) is 1.37. The summed E-state index contributed by atoms with van der Waals surface area (Å²) in [6.07, 6.45) is 0. The van der Waals surface area contributed by atoms with Gasteiger partial charge in [-0.05, 0) is 35.4 Å². The molecule has 0 aliphatic rings. The minimum Gasteiger partial charge on any atom is -0.495 e. The number of hydrogen-bond acceptors (Lipinski definition) is 4. The summed E-state index contributed by atoms with van der Waals surface area (Å²) in [5.41, 5.74) is 3.34. The largest absolute Gasteiger partial charge is 0.495 e. The monoisotopic (exact) mass is 277 g/mol. The van der Waals surface area contributed by atoms with Gasteiger partial charge in [0.1, 0.15) is 11.8 Å². The standard InChI is InChI=1S/C17H15N3O/c1-21-17-7-6-15(8-16(17)10-19)12-20-11-14-4-2-13(9-18)3-5-14/h2-8,20H,11-12H2,1H3. The van der Waals surface area contributed by atoms with Gasteiger partial charge in [0, 0.05) is 13.1 Å². The van der Waals surface area contributed by atoms with Crippen molar-refractivity contribution in [2.24, 2.45) is 0 Å². The molecule has 2 aromatic carbocycles. The molecule has 0 spiro atoms. The smallest absolute Gasteiger partial charge is 0.136 e. The van der Waals surface area contributed by atoms with Crippen molar-refractivity contribution in [3.63, 3.8) is 0 Å². The van der Waals surface area contributed by atoms with Crippen LogP contribution >= 0.6 is 0 Å². The summed E-state index contributed by atoms with van der Waals surface area (Å²) in [5, 5.41) is 21.1. The van der Waals surface area contributed by atoms with E-state index >= 15 is 0 Å². The van der Waals surface area contributed by atoms with Crippen molar-refractivity contribution in [2.45, 2.75) is 13.1 Å². The van der Waals surface area contributed by atoms with Crippen LogP contribution in [0.3, 0.4) is 0 Å². The van der Waals surface area contributed by atoms with E-state index in [0.717, 1.165) is 11.1 Å². The molecule has 4 nitrogen and oxygen atoms in total. The van der Waals surface area contributed by atoms with Crippen LogP contribution in [-0.2, 0) is 13.1 Å². The summed E-state index contributed by atoms with van der Waals surface area (Å²) >= 11 is 0. The highest BCUT2D eigenvalue weighted by Gasteiger charge is 2.03. The van der Waals surface area contributed by atoms with Gasteiger partial charge in [0.15, 0.2) is 0 Å². The number of nitrogens with one attached hydrogen (secondary N) is 1. The maximum atomic E-state index is 9.05. The van der Waals surface area contributed by atoms with Crippen molar-refractivity contribution in [3.05, 3.63) is 64.7 Å². The van der Waals surface area contributed by atoms with Crippen LogP contribution in [0.25, 0.3) is 0 Å². The number of hydrogen-bond donors (Lipinski definition) is 1. The van der Waals surface area contributed by atoms with E-state index in [2.05, 4.69) is 17.5 Å². The Kier molecular flexibility index (Phi) is 4.93. The highest BCUT2D eigenvalue weighted by Crippen LogP contribution is 2.18. The Morgan fingerprint density at radius 1 is 0.952 bits per heavy atom. The van der Waals surface area contributed by atoms with Crippen LogP contribution in [0.1, 0.15) is 22.3 Å². The third-order valence-corrected chi connectivity index (χ3v) is 3.13. The Bertz CT molecular complexity index is 693. The van der Waals surface area contributed by atoms with Crippen molar-refractivity contribution in [1.29, 1.82) is 10.5 Å². The Labute approximate surface area is 124 Å². The van der Waals surface area contributed by atoms with E-state index < -0.39 is 0 Å². The molecule has 0 aliphatic heterocycles. The molecule has 0 saturated carbocycles. The van der Waals surface area contributed by atoms with Gasteiger partial charge in [-0.2, -0.15) is 10.5 Å². The van der Waals surface area contributed by atoms with Gasteiger partial charge < -0.3 is 10.1 Å². The van der Waals surface area contributed by atoms with Gasteiger partial charge in [0.05, 0.1) is 24.3 Å². The predicted molar refractivity (Wildman–Crippen MR) is 79.4 cm³/mol. The van der Waals surface area contributed by atoms with Crippen molar-refractivity contribution in [1.82, 2.24) is 5.32 Å². The molecule has 2 rings (SSSR count). The molecule has 0 atom stereocenters. The first-order valence-corrected chi connectivity index (χ1v) is 6.53. The average molecular weight is 277 g/mol. The molecule has 0 unspecified atom stereocenters. The molecule has 0 aromatic heterocycles. The zero-order chi connectivity index (χ0) is 15.1. The Morgan fingerprint density at radius 2 is 1.62 bits per heavy atom. The molecule has 0 bridgehead atoms. The van der Waals surface area contributed by atoms with Crippen LogP contribution in [0.15, 0.2) is 42.5 Å². The molecule has 0 amide bonds. The van der Waals surface area contributed by atoms with E-state index in [1.165, 1.54) is 0 Å². The Morgan fingerprint density at radius 3 is 2.24 bits per heavy atom. The number of ether oxygens (including phenoxy) is 1. The van der Waals surface area contributed by atoms with Crippen LogP contribution < -0.4 is 10.1 Å². The zero-order valence-electron chi connectivity index (χ0n) is 11.8. The molecule has 0 aliphatic carbocycles. The first-order valence-electron chi connectivity index (χ1n) is 6.53. The van der Waals surface area contributed by atoms with Crippen molar-refractivity contribution < 1.29 is 4.74 Å². The van der Waals surface area contributed by atoms with Gasteiger partial charge in [0.25, 0.3) is 0 Å². The van der Waals surface area contributed by atoms with Gasteiger partial charge in [-0.1, -0.05) is 18.2 Å². The van der Waals surface area contributed by atoms with Crippen molar-refractivity contribution in [2.75, 3.05) is 7.11 Å². The van der Waals surface area contributed by atoms with Gasteiger partial charge in [-0.25, -0.2) is 0 Å². The molecule has 4 heteroatoms. The second-order valence-corrected chi connectivity index (χ2v) is 4.56. The summed E-state index contributed by atoms with van der Waals surface area (Å²) in [5.74, 6) is 0.591. The third-order valence-electron chi connectivity index (χ3n) is 3.13. The highest BCUT2D eigenvalue weighted by atomic mass is 16.5. The Hall–Kier alpha value is -2.82. The van der Waals surface area contributed by atoms with Gasteiger partial charge >= 0.3 is 0 Å². The van der Waals surface area contributed by atoms with E-state index in [9.17, 15) is 0 Å². The SMILES string of the molecule is COc1ccc(CNCc2ccc(C#N)cc2)cc1C#N. The molecule has 0 saturated heterocycles. The van der Waals surface area contributed by atoms with E-state index in [-0.39, 0.29) is 0 Å². The number of methoxy groups -OCH3 is 1. The van der Waals surface area contributed by atoms with Crippen molar-refractivity contribution >= 4 is 0 Å². The summed E-state index contributed by atoms with van der Waals surface area (Å²) in [7, 11) is 1.55. The molecular formula is C17H15N3O. The molecule has 0 heterocycles. The lowest BCUT2D eigenvalue weighted by molar-refractivity contribution is 0.413. The molecule has 2 aromatic rings. The number of benzene rings is 2. The zero-order valence-corrected chi connectivity index (χ0v) is 11.8. The fourth-order valence-electron chi connectivity index (χ4n) is 2.00. The summed E-state index contributed by atoms with van der Waals surface area (Å²) in [4.78, 5) is 0. The second kappa shape index (κ2) is 7.09. The van der Waals surface area contributed by atoms with E-state index in [0.29, 0.717) is 30.0 Å². The lowest BCUT2D eigenvalue weighted by Gasteiger charge is -2.08. The average Bonchev–Trinajstić information content (AvgIpc) is 2.55. The fraction of sp³-hybridized carbons (Fsp3) is 0.176. The lowest BCUT2D eigenvalue weighted by atomic mass is 10.1. The number of nitrogens with zero attached hydrogens (tertiary/aromatic N) is 2. The van der Waals surface area contributed by atoms with Gasteiger partial charge in [0.2, 0.25) is 0 Å². The molecule has 21 heavy (non-hydrogen) atoms. The summed E-state index contributed by atoms with van der Waals surface area (Å²) in [6, 6.07) is 17.3. The van der Waals surface area contributed by atoms with Crippen LogP contribution in [-0.4, -0.2) is 7.11 Å². The second-order valence-electron chi connectivity index (χ2n) is 4.56. The number of nitriles is 2. The van der Waals surface area contributed by atoms with Gasteiger partial charge in [-0.15, -0.1) is 0 Å². The Balaban J connectivity index is 1.94. The summed E-state index contributed by atoms with van der Waals surface area (Å²) < 4.78 is 5.12. The number of rotatable bonds is 5. The molecule has 1 N–H and O–H groups in total. The highest BCUT2D eigenvalue weighted by molar-refractivity contribution is 5.45. The predicted octanol–water partition coefficient (Wildman–Crippen LogP) is 2.73.